The van der Waals surface area contributed by atoms with E-state index in [-0.39, 0.29) is 11.4 Å². The van der Waals surface area contributed by atoms with Gasteiger partial charge in [-0.15, -0.1) is 0 Å². The second-order valence-electron chi connectivity index (χ2n) is 8.24. The summed E-state index contributed by atoms with van der Waals surface area (Å²) in [7, 11) is 1.48. The molecule has 2 aliphatic heterocycles. The SMILES string of the molecule is CCC1(C(C)CCC(=O)OC)CCC[N+]2=C1c1[nH]c3ccccc3c1CC2. The summed E-state index contributed by atoms with van der Waals surface area (Å²) < 4.78 is 7.52. The van der Waals surface area contributed by atoms with Gasteiger partial charge in [0.2, 0.25) is 5.71 Å². The van der Waals surface area contributed by atoms with Crippen LogP contribution >= 0.6 is 0 Å². The number of carbonyl (C=O) groups excluding carboxylic acids is 1. The number of para-hydroxylation sites is 1. The lowest BCUT2D eigenvalue weighted by Crippen LogP contribution is -2.49. The molecule has 27 heavy (non-hydrogen) atoms. The quantitative estimate of drug-likeness (QED) is 0.632. The summed E-state index contributed by atoms with van der Waals surface area (Å²) in [5, 5.41) is 1.37. The molecule has 0 saturated heterocycles. The first-order valence-corrected chi connectivity index (χ1v) is 10.4. The first-order valence-electron chi connectivity index (χ1n) is 10.4. The zero-order chi connectivity index (χ0) is 19.0. The van der Waals surface area contributed by atoms with Crippen LogP contribution in [-0.4, -0.2) is 41.4 Å². The molecule has 0 spiro atoms. The highest BCUT2D eigenvalue weighted by molar-refractivity contribution is 6.06. The van der Waals surface area contributed by atoms with Crippen molar-refractivity contribution < 1.29 is 14.1 Å². The molecule has 0 saturated carbocycles. The summed E-state index contributed by atoms with van der Waals surface area (Å²) in [6.07, 6.45) is 6.04. The number of rotatable bonds is 5. The van der Waals surface area contributed by atoms with Crippen molar-refractivity contribution in [3.63, 3.8) is 0 Å². The van der Waals surface area contributed by atoms with E-state index in [4.69, 9.17) is 4.74 Å². The number of nitrogens with one attached hydrogen (secondary N) is 1. The Morgan fingerprint density at radius 2 is 2.15 bits per heavy atom. The van der Waals surface area contributed by atoms with Gasteiger partial charge in [-0.3, -0.25) is 4.79 Å². The van der Waals surface area contributed by atoms with Crippen LogP contribution in [0.4, 0.5) is 0 Å². The van der Waals surface area contributed by atoms with E-state index < -0.39 is 0 Å². The molecule has 2 aromatic rings. The number of nitrogens with zero attached hydrogens (tertiary/aromatic N) is 1. The highest BCUT2D eigenvalue weighted by Crippen LogP contribution is 2.46. The van der Waals surface area contributed by atoms with Crippen molar-refractivity contribution in [2.75, 3.05) is 20.2 Å². The van der Waals surface area contributed by atoms with Gasteiger partial charge >= 0.3 is 5.97 Å². The maximum absolute atomic E-state index is 11.7. The van der Waals surface area contributed by atoms with Crippen LogP contribution < -0.4 is 0 Å². The third kappa shape index (κ3) is 2.90. The van der Waals surface area contributed by atoms with Gasteiger partial charge in [0.25, 0.3) is 0 Å². The monoisotopic (exact) mass is 367 g/mol. The van der Waals surface area contributed by atoms with Crippen LogP contribution in [0, 0.1) is 11.3 Å². The van der Waals surface area contributed by atoms with Gasteiger partial charge in [0.1, 0.15) is 18.8 Å². The van der Waals surface area contributed by atoms with E-state index in [1.165, 1.54) is 47.8 Å². The number of hydrogen-bond acceptors (Lipinski definition) is 2. The van der Waals surface area contributed by atoms with E-state index in [9.17, 15) is 4.79 Å². The van der Waals surface area contributed by atoms with Crippen LogP contribution in [0.2, 0.25) is 0 Å². The van der Waals surface area contributed by atoms with Gasteiger partial charge in [-0.25, -0.2) is 4.58 Å². The molecule has 0 radical (unpaired) electrons. The molecular weight excluding hydrogens is 336 g/mol. The van der Waals surface area contributed by atoms with Gasteiger partial charge in [0, 0.05) is 30.2 Å². The van der Waals surface area contributed by atoms with E-state index in [0.717, 1.165) is 32.4 Å². The minimum Gasteiger partial charge on any atom is -0.469 e. The molecule has 3 heterocycles. The molecule has 2 unspecified atom stereocenters. The van der Waals surface area contributed by atoms with Crippen molar-refractivity contribution in [3.05, 3.63) is 35.5 Å². The first-order chi connectivity index (χ1) is 13.1. The van der Waals surface area contributed by atoms with E-state index in [2.05, 4.69) is 47.7 Å². The average Bonchev–Trinajstić information content (AvgIpc) is 3.09. The number of H-pyrrole nitrogens is 1. The first kappa shape index (κ1) is 18.3. The van der Waals surface area contributed by atoms with Crippen molar-refractivity contribution in [2.45, 2.75) is 52.4 Å². The highest BCUT2D eigenvalue weighted by atomic mass is 16.5. The molecule has 1 aromatic carbocycles. The molecule has 0 fully saturated rings. The van der Waals surface area contributed by atoms with Crippen LogP contribution in [0.15, 0.2) is 24.3 Å². The number of esters is 1. The molecule has 2 atom stereocenters. The van der Waals surface area contributed by atoms with Gasteiger partial charge < -0.3 is 9.72 Å². The molecule has 4 heteroatoms. The summed E-state index contributed by atoms with van der Waals surface area (Å²) >= 11 is 0. The predicted octanol–water partition coefficient (Wildman–Crippen LogP) is 4.31. The minimum absolute atomic E-state index is 0.0966. The lowest BCUT2D eigenvalue weighted by atomic mass is 9.63. The Labute approximate surface area is 161 Å². The van der Waals surface area contributed by atoms with Gasteiger partial charge in [-0.1, -0.05) is 32.0 Å². The number of aromatic amines is 1. The molecule has 1 N–H and O–H groups in total. The fourth-order valence-electron chi connectivity index (χ4n) is 5.55. The largest absolute Gasteiger partial charge is 0.469 e. The van der Waals surface area contributed by atoms with Crippen LogP contribution in [0.5, 0.6) is 0 Å². The molecule has 144 valence electrons. The lowest BCUT2D eigenvalue weighted by molar-refractivity contribution is -0.539. The molecule has 1 aromatic heterocycles. The maximum atomic E-state index is 11.7. The van der Waals surface area contributed by atoms with E-state index in [0.29, 0.717) is 12.3 Å². The third-order valence-electron chi connectivity index (χ3n) is 7.10. The number of carbonyl (C=O) groups is 1. The average molecular weight is 368 g/mol. The molecule has 4 nitrogen and oxygen atoms in total. The van der Waals surface area contributed by atoms with Crippen LogP contribution in [0.25, 0.3) is 10.9 Å². The summed E-state index contributed by atoms with van der Waals surface area (Å²) in [5.74, 6) is 0.345. The highest BCUT2D eigenvalue weighted by Gasteiger charge is 2.50. The second kappa shape index (κ2) is 7.14. The van der Waals surface area contributed by atoms with Crippen molar-refractivity contribution in [1.29, 1.82) is 0 Å². The summed E-state index contributed by atoms with van der Waals surface area (Å²) in [4.78, 5) is 15.5. The number of hydrogen-bond donors (Lipinski definition) is 1. The second-order valence-corrected chi connectivity index (χ2v) is 8.24. The van der Waals surface area contributed by atoms with E-state index in [1.54, 1.807) is 0 Å². The van der Waals surface area contributed by atoms with E-state index >= 15 is 0 Å². The predicted molar refractivity (Wildman–Crippen MR) is 108 cm³/mol. The third-order valence-corrected chi connectivity index (χ3v) is 7.10. The number of fused-ring (bicyclic) bond motifs is 4. The molecule has 0 aliphatic carbocycles. The van der Waals surface area contributed by atoms with Crippen molar-refractivity contribution in [1.82, 2.24) is 4.98 Å². The van der Waals surface area contributed by atoms with Crippen molar-refractivity contribution in [3.8, 4) is 0 Å². The Morgan fingerprint density at radius 1 is 1.33 bits per heavy atom. The maximum Gasteiger partial charge on any atom is 0.305 e. The molecule has 0 bridgehead atoms. The summed E-state index contributed by atoms with van der Waals surface area (Å²) in [6.45, 7) is 6.91. The Balaban J connectivity index is 1.79. The standard InChI is InChI=1S/C23H30N2O2/c1-4-23(16(2)10-11-20(26)27-3)13-7-14-25-15-12-18-17-8-5-6-9-19(17)24-21(18)22(23)25/h5-6,8-9,16H,4,7,10-15H2,1-3H3/p+1. The van der Waals surface area contributed by atoms with Crippen molar-refractivity contribution >= 4 is 22.6 Å². The van der Waals surface area contributed by atoms with Gasteiger partial charge in [0.05, 0.1) is 12.5 Å². The Hall–Kier alpha value is -2.10. The Morgan fingerprint density at radius 3 is 2.93 bits per heavy atom. The zero-order valence-electron chi connectivity index (χ0n) is 16.8. The lowest BCUT2D eigenvalue weighted by Gasteiger charge is -2.41. The normalized spacial score (nSPS) is 23.1. The Bertz CT molecular complexity index is 895. The number of benzene rings is 1. The van der Waals surface area contributed by atoms with Crippen LogP contribution in [-0.2, 0) is 16.0 Å². The number of aromatic nitrogens is 1. The number of ether oxygens (including phenoxy) is 1. The minimum atomic E-state index is -0.0966. The van der Waals surface area contributed by atoms with Crippen LogP contribution in [0.3, 0.4) is 0 Å². The smallest absolute Gasteiger partial charge is 0.305 e. The van der Waals surface area contributed by atoms with Gasteiger partial charge in [0.15, 0.2) is 0 Å². The Kier molecular flexibility index (Phi) is 4.83. The fourth-order valence-corrected chi connectivity index (χ4v) is 5.55. The summed E-state index contributed by atoms with van der Waals surface area (Å²) in [6, 6.07) is 8.69. The summed E-state index contributed by atoms with van der Waals surface area (Å²) in [5.41, 5.74) is 5.72. The fraction of sp³-hybridized carbons (Fsp3) is 0.565. The van der Waals surface area contributed by atoms with E-state index in [1.807, 2.05) is 0 Å². The van der Waals surface area contributed by atoms with Crippen LogP contribution in [0.1, 0.15) is 57.2 Å². The zero-order valence-corrected chi connectivity index (χ0v) is 16.8. The topological polar surface area (TPSA) is 45.1 Å². The molecular formula is C23H31N2O2+. The van der Waals surface area contributed by atoms with Gasteiger partial charge in [-0.2, -0.15) is 0 Å². The molecule has 4 rings (SSSR count). The number of methoxy groups -OCH3 is 1. The van der Waals surface area contributed by atoms with Crippen molar-refractivity contribution in [2.24, 2.45) is 11.3 Å². The molecule has 2 aliphatic rings. The molecule has 0 amide bonds. The van der Waals surface area contributed by atoms with Gasteiger partial charge in [-0.05, 0) is 36.8 Å².